The van der Waals surface area contributed by atoms with Crippen molar-refractivity contribution in [3.63, 3.8) is 0 Å². The molecule has 1 unspecified atom stereocenters. The van der Waals surface area contributed by atoms with Crippen molar-refractivity contribution in [1.82, 2.24) is 0 Å². The average molecular weight is 254 g/mol. The molecule has 1 aliphatic rings. The molecule has 0 heterocycles. The Morgan fingerprint density at radius 1 is 1.24 bits per heavy atom. The molecule has 94 valence electrons. The maximum atomic E-state index is 5.31. The highest BCUT2D eigenvalue weighted by atomic mass is 35.5. The van der Waals surface area contributed by atoms with Gasteiger partial charge in [0.25, 0.3) is 0 Å². The number of aryl methyl sites for hydroxylation is 1. The molecular formula is C13H20ClN3. The van der Waals surface area contributed by atoms with Crippen LogP contribution in [0.4, 0.5) is 0 Å². The van der Waals surface area contributed by atoms with Crippen LogP contribution in [0.3, 0.4) is 0 Å². The molecule has 1 aromatic carbocycles. The zero-order valence-electron chi connectivity index (χ0n) is 9.93. The third-order valence-corrected chi connectivity index (χ3v) is 3.28. The number of rotatable bonds is 3. The fraction of sp³-hybridized carbons (Fsp3) is 0.462. The summed E-state index contributed by atoms with van der Waals surface area (Å²) in [7, 11) is 0. The van der Waals surface area contributed by atoms with E-state index in [0.29, 0.717) is 0 Å². The largest absolute Gasteiger partial charge is 0.370 e. The lowest BCUT2D eigenvalue weighted by molar-refractivity contribution is 0.433. The van der Waals surface area contributed by atoms with Gasteiger partial charge in [-0.05, 0) is 42.7 Å². The fourth-order valence-electron chi connectivity index (χ4n) is 2.40. The molecule has 0 fully saturated rings. The van der Waals surface area contributed by atoms with Crippen molar-refractivity contribution in [3.8, 4) is 0 Å². The second-order valence-corrected chi connectivity index (χ2v) is 4.47. The lowest BCUT2D eigenvalue weighted by Gasteiger charge is -2.23. The van der Waals surface area contributed by atoms with Crippen molar-refractivity contribution in [3.05, 3.63) is 35.4 Å². The number of hydrogen-bond donors (Lipinski definition) is 2. The van der Waals surface area contributed by atoms with Crippen molar-refractivity contribution in [1.29, 1.82) is 0 Å². The number of fused-ring (bicyclic) bond motifs is 1. The highest BCUT2D eigenvalue weighted by Crippen LogP contribution is 2.27. The van der Waals surface area contributed by atoms with Crippen LogP contribution in [0.15, 0.2) is 29.3 Å². The third-order valence-electron chi connectivity index (χ3n) is 3.28. The van der Waals surface area contributed by atoms with Crippen molar-refractivity contribution in [2.75, 3.05) is 6.54 Å². The number of hydrogen-bond acceptors (Lipinski definition) is 1. The highest BCUT2D eigenvalue weighted by molar-refractivity contribution is 5.85. The third kappa shape index (κ3) is 3.93. The normalized spacial score (nSPS) is 17.8. The quantitative estimate of drug-likeness (QED) is 0.638. The van der Waals surface area contributed by atoms with Crippen LogP contribution >= 0.6 is 12.4 Å². The van der Waals surface area contributed by atoms with Gasteiger partial charge < -0.3 is 11.5 Å². The molecule has 3 nitrogen and oxygen atoms in total. The topological polar surface area (TPSA) is 64.4 Å². The minimum absolute atomic E-state index is 0. The van der Waals surface area contributed by atoms with Crippen LogP contribution < -0.4 is 11.5 Å². The van der Waals surface area contributed by atoms with Crippen molar-refractivity contribution in [2.45, 2.75) is 25.7 Å². The van der Waals surface area contributed by atoms with E-state index in [-0.39, 0.29) is 18.4 Å². The van der Waals surface area contributed by atoms with E-state index in [1.807, 2.05) is 0 Å². The van der Waals surface area contributed by atoms with Crippen molar-refractivity contribution < 1.29 is 0 Å². The second-order valence-electron chi connectivity index (χ2n) is 4.47. The van der Waals surface area contributed by atoms with Crippen LogP contribution in [-0.4, -0.2) is 12.5 Å². The molecule has 0 amide bonds. The second kappa shape index (κ2) is 6.50. The zero-order chi connectivity index (χ0) is 11.4. The van der Waals surface area contributed by atoms with Gasteiger partial charge in [-0.15, -0.1) is 12.4 Å². The minimum Gasteiger partial charge on any atom is -0.370 e. The van der Waals surface area contributed by atoms with Crippen molar-refractivity contribution in [2.24, 2.45) is 22.4 Å². The Balaban J connectivity index is 0.00000144. The van der Waals surface area contributed by atoms with E-state index in [1.165, 1.54) is 30.4 Å². The molecule has 0 spiro atoms. The summed E-state index contributed by atoms with van der Waals surface area (Å²) in [6.45, 7) is 0.759. The molecule has 17 heavy (non-hydrogen) atoms. The maximum Gasteiger partial charge on any atom is 0.185 e. The summed E-state index contributed by atoms with van der Waals surface area (Å²) in [6.07, 6.45) is 4.72. The van der Waals surface area contributed by atoms with Crippen LogP contribution in [0.2, 0.25) is 0 Å². The van der Waals surface area contributed by atoms with Gasteiger partial charge >= 0.3 is 0 Å². The van der Waals surface area contributed by atoms with Gasteiger partial charge in [-0.1, -0.05) is 24.3 Å². The van der Waals surface area contributed by atoms with E-state index in [9.17, 15) is 0 Å². The molecule has 0 aromatic heterocycles. The number of nitrogens with zero attached hydrogens (tertiary/aromatic N) is 1. The summed E-state index contributed by atoms with van der Waals surface area (Å²) in [4.78, 5) is 4.05. The summed E-state index contributed by atoms with van der Waals surface area (Å²) in [5.74, 6) is 0.939. The van der Waals surface area contributed by atoms with Crippen LogP contribution in [0.25, 0.3) is 0 Å². The molecule has 0 radical (unpaired) electrons. The van der Waals surface area contributed by atoms with Gasteiger partial charge in [0.05, 0.1) is 0 Å². The summed E-state index contributed by atoms with van der Waals surface area (Å²) >= 11 is 0. The Kier molecular flexibility index (Phi) is 5.29. The van der Waals surface area contributed by atoms with Gasteiger partial charge in [-0.3, -0.25) is 4.99 Å². The number of benzene rings is 1. The van der Waals surface area contributed by atoms with Gasteiger partial charge in [0.2, 0.25) is 0 Å². The van der Waals surface area contributed by atoms with Crippen LogP contribution in [-0.2, 0) is 12.8 Å². The van der Waals surface area contributed by atoms with E-state index in [4.69, 9.17) is 11.5 Å². The number of guanidine groups is 1. The maximum absolute atomic E-state index is 5.31. The lowest BCUT2D eigenvalue weighted by Crippen LogP contribution is -2.23. The molecule has 4 heteroatoms. The summed E-state index contributed by atoms with van der Waals surface area (Å²) in [6, 6.07) is 8.72. The summed E-state index contributed by atoms with van der Waals surface area (Å²) in [5.41, 5.74) is 13.6. The number of halogens is 1. The standard InChI is InChI=1S/C13H19N3.ClH/c14-13(15)16-8-7-10-5-6-11-3-1-2-4-12(11)9-10;/h1-4,10H,5-9H2,(H4,14,15,16);1H. The Labute approximate surface area is 109 Å². The Bertz CT molecular complexity index is 386. The first kappa shape index (κ1) is 13.8. The molecule has 0 saturated heterocycles. The lowest BCUT2D eigenvalue weighted by atomic mass is 9.82. The summed E-state index contributed by atoms with van der Waals surface area (Å²) in [5, 5.41) is 0. The predicted molar refractivity (Wildman–Crippen MR) is 74.5 cm³/mol. The van der Waals surface area contributed by atoms with E-state index in [1.54, 1.807) is 0 Å². The average Bonchev–Trinajstić information content (AvgIpc) is 2.28. The number of aliphatic imine (C=N–C) groups is 1. The molecular weight excluding hydrogens is 234 g/mol. The minimum atomic E-state index is 0. The number of nitrogens with two attached hydrogens (primary N) is 2. The molecule has 0 aliphatic heterocycles. The smallest absolute Gasteiger partial charge is 0.185 e. The van der Waals surface area contributed by atoms with Gasteiger partial charge in [0.15, 0.2) is 5.96 Å². The van der Waals surface area contributed by atoms with Gasteiger partial charge in [0.1, 0.15) is 0 Å². The van der Waals surface area contributed by atoms with Gasteiger partial charge in [-0.25, -0.2) is 0 Å². The highest BCUT2D eigenvalue weighted by Gasteiger charge is 2.17. The fourth-order valence-corrected chi connectivity index (χ4v) is 2.40. The van der Waals surface area contributed by atoms with Crippen molar-refractivity contribution >= 4 is 18.4 Å². The predicted octanol–water partition coefficient (Wildman–Crippen LogP) is 1.88. The monoisotopic (exact) mass is 253 g/mol. The molecule has 1 aliphatic carbocycles. The van der Waals surface area contributed by atoms with Gasteiger partial charge in [-0.2, -0.15) is 0 Å². The first-order valence-corrected chi connectivity index (χ1v) is 5.88. The van der Waals surface area contributed by atoms with E-state index < -0.39 is 0 Å². The van der Waals surface area contributed by atoms with E-state index in [0.717, 1.165) is 18.9 Å². The molecule has 4 N–H and O–H groups in total. The first-order valence-electron chi connectivity index (χ1n) is 5.88. The van der Waals surface area contributed by atoms with E-state index in [2.05, 4.69) is 29.3 Å². The molecule has 2 rings (SSSR count). The van der Waals surface area contributed by atoms with Crippen LogP contribution in [0.5, 0.6) is 0 Å². The molecule has 1 aromatic rings. The molecule has 0 bridgehead atoms. The Morgan fingerprint density at radius 2 is 1.94 bits per heavy atom. The molecule has 0 saturated carbocycles. The van der Waals surface area contributed by atoms with Gasteiger partial charge in [0, 0.05) is 6.54 Å². The van der Waals surface area contributed by atoms with Crippen LogP contribution in [0, 0.1) is 5.92 Å². The summed E-state index contributed by atoms with van der Waals surface area (Å²) < 4.78 is 0. The Morgan fingerprint density at radius 3 is 2.65 bits per heavy atom. The zero-order valence-corrected chi connectivity index (χ0v) is 10.7. The van der Waals surface area contributed by atoms with Crippen LogP contribution in [0.1, 0.15) is 24.0 Å². The SMILES string of the molecule is Cl.NC(N)=NCCC1CCc2ccccc2C1. The Hall–Kier alpha value is -1.22. The molecule has 1 atom stereocenters. The first-order chi connectivity index (χ1) is 7.75. The van der Waals surface area contributed by atoms with E-state index >= 15 is 0 Å².